The minimum absolute atomic E-state index is 0.00815. The summed E-state index contributed by atoms with van der Waals surface area (Å²) in [4.78, 5) is 9.83. The molecule has 1 aliphatic rings. The number of nitrogens with zero attached hydrogens (tertiary/aromatic N) is 2. The number of rotatable bonds is 3. The minimum atomic E-state index is 0.00815. The Labute approximate surface area is 97.5 Å². The molecule has 16 heavy (non-hydrogen) atoms. The molecule has 84 valence electrons. The van der Waals surface area contributed by atoms with Gasteiger partial charge in [0, 0.05) is 7.11 Å². The lowest BCUT2D eigenvalue weighted by atomic mass is 10.2. The van der Waals surface area contributed by atoms with Crippen LogP contribution in [0.15, 0.2) is 11.4 Å². The summed E-state index contributed by atoms with van der Waals surface area (Å²) in [6, 6.07) is 1.96. The molecule has 2 heterocycles. The Bertz CT molecular complexity index is 521. The Hall–Kier alpha value is -1.20. The molecule has 0 spiro atoms. The Kier molecular flexibility index (Phi) is 2.29. The third-order valence-electron chi connectivity index (χ3n) is 2.93. The van der Waals surface area contributed by atoms with E-state index in [2.05, 4.69) is 9.97 Å². The number of hydrogen-bond donors (Lipinski definition) is 1. The molecule has 1 fully saturated rings. The highest BCUT2D eigenvalue weighted by molar-refractivity contribution is 7.16. The largest absolute Gasteiger partial charge is 0.383 e. The molecule has 1 aliphatic carbocycles. The van der Waals surface area contributed by atoms with Crippen molar-refractivity contribution in [2.24, 2.45) is 5.92 Å². The van der Waals surface area contributed by atoms with Crippen LogP contribution in [0.1, 0.15) is 24.8 Å². The number of methoxy groups -OCH3 is 1. The van der Waals surface area contributed by atoms with Crippen molar-refractivity contribution in [1.82, 2.24) is 9.97 Å². The van der Waals surface area contributed by atoms with Crippen LogP contribution >= 0.6 is 11.3 Å². The second-order valence-corrected chi connectivity index (χ2v) is 4.99. The normalized spacial score (nSPS) is 17.8. The van der Waals surface area contributed by atoms with Crippen LogP contribution in [0.25, 0.3) is 10.2 Å². The average molecular weight is 235 g/mol. The van der Waals surface area contributed by atoms with E-state index >= 15 is 0 Å². The van der Waals surface area contributed by atoms with Gasteiger partial charge in [-0.3, -0.25) is 0 Å². The zero-order chi connectivity index (χ0) is 11.1. The maximum atomic E-state index is 5.91. The van der Waals surface area contributed by atoms with Crippen LogP contribution < -0.4 is 5.73 Å². The van der Waals surface area contributed by atoms with E-state index in [0.29, 0.717) is 11.7 Å². The highest BCUT2D eigenvalue weighted by Crippen LogP contribution is 2.42. The van der Waals surface area contributed by atoms with Gasteiger partial charge in [0.2, 0.25) is 0 Å². The van der Waals surface area contributed by atoms with E-state index in [9.17, 15) is 0 Å². The van der Waals surface area contributed by atoms with Crippen LogP contribution in [0.4, 0.5) is 5.82 Å². The number of ether oxygens (including phenoxy) is 1. The SMILES string of the molecule is COC(c1nc(N)c2ccsc2n1)C1CC1. The quantitative estimate of drug-likeness (QED) is 0.887. The number of nitrogen functional groups attached to an aromatic ring is 1. The summed E-state index contributed by atoms with van der Waals surface area (Å²) >= 11 is 1.59. The molecule has 3 rings (SSSR count). The number of aromatic nitrogens is 2. The zero-order valence-corrected chi connectivity index (χ0v) is 9.83. The first kappa shape index (κ1) is 9.99. The highest BCUT2D eigenvalue weighted by atomic mass is 32.1. The summed E-state index contributed by atoms with van der Waals surface area (Å²) in [5.74, 6) is 1.86. The van der Waals surface area contributed by atoms with Gasteiger partial charge in [0.05, 0.1) is 5.39 Å². The van der Waals surface area contributed by atoms with Crippen LogP contribution in [0.3, 0.4) is 0 Å². The van der Waals surface area contributed by atoms with Crippen molar-refractivity contribution in [2.45, 2.75) is 18.9 Å². The Morgan fingerprint density at radius 1 is 1.50 bits per heavy atom. The number of thiophene rings is 1. The van der Waals surface area contributed by atoms with Gasteiger partial charge in [0.1, 0.15) is 16.8 Å². The second-order valence-electron chi connectivity index (χ2n) is 4.10. The molecule has 2 aromatic heterocycles. The summed E-state index contributed by atoms with van der Waals surface area (Å²) in [5, 5.41) is 2.93. The van der Waals surface area contributed by atoms with Crippen LogP contribution in [-0.2, 0) is 4.74 Å². The first-order valence-electron chi connectivity index (χ1n) is 5.33. The molecule has 1 saturated carbocycles. The Morgan fingerprint density at radius 3 is 3.00 bits per heavy atom. The Morgan fingerprint density at radius 2 is 2.31 bits per heavy atom. The lowest BCUT2D eigenvalue weighted by Crippen LogP contribution is -2.10. The minimum Gasteiger partial charge on any atom is -0.383 e. The van der Waals surface area contributed by atoms with E-state index in [-0.39, 0.29) is 6.10 Å². The van der Waals surface area contributed by atoms with Crippen molar-refractivity contribution in [1.29, 1.82) is 0 Å². The van der Waals surface area contributed by atoms with Crippen LogP contribution in [0, 0.1) is 5.92 Å². The van der Waals surface area contributed by atoms with Gasteiger partial charge in [-0.05, 0) is 30.2 Å². The van der Waals surface area contributed by atoms with Gasteiger partial charge in [0.15, 0.2) is 5.82 Å². The van der Waals surface area contributed by atoms with E-state index in [4.69, 9.17) is 10.5 Å². The van der Waals surface area contributed by atoms with Gasteiger partial charge in [-0.15, -0.1) is 11.3 Å². The molecule has 1 unspecified atom stereocenters. The number of nitrogens with two attached hydrogens (primary N) is 1. The molecule has 1 atom stereocenters. The maximum Gasteiger partial charge on any atom is 0.161 e. The molecule has 0 aliphatic heterocycles. The van der Waals surface area contributed by atoms with Gasteiger partial charge >= 0.3 is 0 Å². The van der Waals surface area contributed by atoms with Gasteiger partial charge in [0.25, 0.3) is 0 Å². The molecular formula is C11H13N3OS. The first-order valence-corrected chi connectivity index (χ1v) is 6.21. The molecular weight excluding hydrogens is 222 g/mol. The number of hydrogen-bond acceptors (Lipinski definition) is 5. The average Bonchev–Trinajstić information content (AvgIpc) is 2.96. The van der Waals surface area contributed by atoms with Crippen molar-refractivity contribution >= 4 is 27.4 Å². The molecule has 2 N–H and O–H groups in total. The molecule has 0 bridgehead atoms. The van der Waals surface area contributed by atoms with E-state index in [0.717, 1.165) is 16.0 Å². The van der Waals surface area contributed by atoms with Crippen molar-refractivity contribution < 1.29 is 4.74 Å². The third kappa shape index (κ3) is 1.56. The summed E-state index contributed by atoms with van der Waals surface area (Å²) in [6.07, 6.45) is 2.41. The predicted molar refractivity (Wildman–Crippen MR) is 64.3 cm³/mol. The molecule has 0 radical (unpaired) electrons. The van der Waals surface area contributed by atoms with Gasteiger partial charge < -0.3 is 10.5 Å². The van der Waals surface area contributed by atoms with Crippen molar-refractivity contribution in [3.05, 3.63) is 17.3 Å². The fraction of sp³-hybridized carbons (Fsp3) is 0.455. The van der Waals surface area contributed by atoms with E-state index < -0.39 is 0 Å². The summed E-state index contributed by atoms with van der Waals surface area (Å²) < 4.78 is 5.46. The monoisotopic (exact) mass is 235 g/mol. The van der Waals surface area contributed by atoms with Gasteiger partial charge in [-0.1, -0.05) is 0 Å². The van der Waals surface area contributed by atoms with Crippen molar-refractivity contribution in [3.63, 3.8) is 0 Å². The van der Waals surface area contributed by atoms with Crippen LogP contribution in [-0.4, -0.2) is 17.1 Å². The fourth-order valence-electron chi connectivity index (χ4n) is 1.93. The molecule has 0 saturated heterocycles. The van der Waals surface area contributed by atoms with Crippen LogP contribution in [0.5, 0.6) is 0 Å². The van der Waals surface area contributed by atoms with Gasteiger partial charge in [-0.2, -0.15) is 0 Å². The summed E-state index contributed by atoms with van der Waals surface area (Å²) in [6.45, 7) is 0. The zero-order valence-electron chi connectivity index (χ0n) is 9.01. The fourth-order valence-corrected chi connectivity index (χ4v) is 2.71. The second kappa shape index (κ2) is 3.68. The first-order chi connectivity index (χ1) is 7.79. The van der Waals surface area contributed by atoms with E-state index in [1.165, 1.54) is 12.8 Å². The highest BCUT2D eigenvalue weighted by Gasteiger charge is 2.34. The summed E-state index contributed by atoms with van der Waals surface area (Å²) in [5.41, 5.74) is 5.91. The van der Waals surface area contributed by atoms with Gasteiger partial charge in [-0.25, -0.2) is 9.97 Å². The maximum absolute atomic E-state index is 5.91. The molecule has 0 aromatic carbocycles. The predicted octanol–water partition coefficient (Wildman–Crippen LogP) is 2.37. The standard InChI is InChI=1S/C11H13N3OS/c1-15-8(6-2-3-6)10-13-9(12)7-4-5-16-11(7)14-10/h4-6,8H,2-3H2,1H3,(H2,12,13,14). The molecule has 4 nitrogen and oxygen atoms in total. The molecule has 5 heteroatoms. The molecule has 2 aromatic rings. The lowest BCUT2D eigenvalue weighted by molar-refractivity contribution is 0.0777. The number of fused-ring (bicyclic) bond motifs is 1. The lowest BCUT2D eigenvalue weighted by Gasteiger charge is -2.13. The topological polar surface area (TPSA) is 61.0 Å². The Balaban J connectivity index is 2.08. The molecule has 0 amide bonds. The van der Waals surface area contributed by atoms with E-state index in [1.54, 1.807) is 18.4 Å². The van der Waals surface area contributed by atoms with E-state index in [1.807, 2.05) is 11.4 Å². The third-order valence-corrected chi connectivity index (χ3v) is 3.74. The summed E-state index contributed by atoms with van der Waals surface area (Å²) in [7, 11) is 1.71. The van der Waals surface area contributed by atoms with Crippen LogP contribution in [0.2, 0.25) is 0 Å². The number of anilines is 1. The smallest absolute Gasteiger partial charge is 0.161 e. The van der Waals surface area contributed by atoms with Crippen molar-refractivity contribution in [3.8, 4) is 0 Å². The van der Waals surface area contributed by atoms with Crippen molar-refractivity contribution in [2.75, 3.05) is 12.8 Å².